The van der Waals surface area contributed by atoms with Gasteiger partial charge in [-0.25, -0.2) is 18.4 Å². The summed E-state index contributed by atoms with van der Waals surface area (Å²) in [6.45, 7) is 2.01. The number of benzene rings is 1. The van der Waals surface area contributed by atoms with Crippen LogP contribution in [0.4, 0.5) is 0 Å². The van der Waals surface area contributed by atoms with Crippen molar-refractivity contribution in [3.8, 4) is 16.9 Å². The molecule has 0 fully saturated rings. The van der Waals surface area contributed by atoms with Crippen molar-refractivity contribution in [2.45, 2.75) is 11.9 Å². The third-order valence-electron chi connectivity index (χ3n) is 3.43. The molecule has 5 nitrogen and oxygen atoms in total. The molecule has 2 heterocycles. The maximum absolute atomic E-state index is 11.5. The number of imidazole rings is 1. The second-order valence-electron chi connectivity index (χ2n) is 5.25. The van der Waals surface area contributed by atoms with Gasteiger partial charge in [0, 0.05) is 11.8 Å². The van der Waals surface area contributed by atoms with Crippen molar-refractivity contribution in [2.75, 3.05) is 6.26 Å². The number of rotatable bonds is 3. The fourth-order valence-electron chi connectivity index (χ4n) is 2.23. The zero-order valence-corrected chi connectivity index (χ0v) is 14.1. The fourth-order valence-corrected chi connectivity index (χ4v) is 3.03. The first-order valence-electron chi connectivity index (χ1n) is 6.82. The predicted octanol–water partition coefficient (Wildman–Crippen LogP) is 3.30. The van der Waals surface area contributed by atoms with Crippen LogP contribution in [0, 0.1) is 6.92 Å². The molecule has 0 spiro atoms. The summed E-state index contributed by atoms with van der Waals surface area (Å²) in [6.07, 6.45) is 4.21. The lowest BCUT2D eigenvalue weighted by Gasteiger charge is -2.09. The highest BCUT2D eigenvalue weighted by molar-refractivity contribution is 7.90. The van der Waals surface area contributed by atoms with E-state index in [9.17, 15) is 8.42 Å². The predicted molar refractivity (Wildman–Crippen MR) is 89.7 cm³/mol. The minimum atomic E-state index is -3.33. The Morgan fingerprint density at radius 2 is 1.74 bits per heavy atom. The third kappa shape index (κ3) is 3.13. The van der Waals surface area contributed by atoms with E-state index in [0.717, 1.165) is 23.1 Å². The number of hydrogen-bond acceptors (Lipinski definition) is 4. The molecule has 0 N–H and O–H groups in total. The molecule has 0 radical (unpaired) electrons. The lowest BCUT2D eigenvalue weighted by molar-refractivity contribution is 0.598. The van der Waals surface area contributed by atoms with E-state index >= 15 is 0 Å². The van der Waals surface area contributed by atoms with Crippen LogP contribution in [0.1, 0.15) is 5.56 Å². The number of pyridine rings is 1. The van der Waals surface area contributed by atoms with Crippen molar-refractivity contribution in [3.63, 3.8) is 0 Å². The highest BCUT2D eigenvalue weighted by Gasteiger charge is 2.14. The van der Waals surface area contributed by atoms with Crippen LogP contribution >= 0.6 is 11.6 Å². The Labute approximate surface area is 139 Å². The zero-order chi connectivity index (χ0) is 16.6. The molecule has 0 bridgehead atoms. The summed E-state index contributed by atoms with van der Waals surface area (Å²) in [7, 11) is -3.33. The number of aromatic nitrogens is 3. The molecule has 0 aliphatic rings. The van der Waals surface area contributed by atoms with E-state index in [1.807, 2.05) is 31.2 Å². The molecular formula is C16H14ClN3O2S. The molecular weight excluding hydrogens is 334 g/mol. The van der Waals surface area contributed by atoms with Crippen LogP contribution in [0.5, 0.6) is 0 Å². The van der Waals surface area contributed by atoms with Gasteiger partial charge in [0.2, 0.25) is 0 Å². The lowest BCUT2D eigenvalue weighted by atomic mass is 10.1. The highest BCUT2D eigenvalue weighted by Crippen LogP contribution is 2.29. The van der Waals surface area contributed by atoms with Crippen LogP contribution in [-0.2, 0) is 9.84 Å². The molecule has 3 aromatic rings. The molecule has 0 atom stereocenters. The van der Waals surface area contributed by atoms with Gasteiger partial charge in [0.05, 0.1) is 17.6 Å². The van der Waals surface area contributed by atoms with Gasteiger partial charge in [-0.1, -0.05) is 41.4 Å². The van der Waals surface area contributed by atoms with Crippen molar-refractivity contribution in [2.24, 2.45) is 0 Å². The van der Waals surface area contributed by atoms with Crippen LogP contribution in [-0.4, -0.2) is 29.2 Å². The van der Waals surface area contributed by atoms with Crippen LogP contribution in [0.3, 0.4) is 0 Å². The van der Waals surface area contributed by atoms with Gasteiger partial charge in [-0.2, -0.15) is 0 Å². The van der Waals surface area contributed by atoms with Crippen LogP contribution < -0.4 is 0 Å². The molecule has 0 amide bonds. The minimum absolute atomic E-state index is 0.0318. The van der Waals surface area contributed by atoms with E-state index in [2.05, 4.69) is 9.97 Å². The molecule has 1 aromatic carbocycles. The lowest BCUT2D eigenvalue weighted by Crippen LogP contribution is -2.02. The van der Waals surface area contributed by atoms with E-state index in [-0.39, 0.29) is 5.03 Å². The first-order chi connectivity index (χ1) is 10.9. The average Bonchev–Trinajstić information content (AvgIpc) is 2.89. The summed E-state index contributed by atoms with van der Waals surface area (Å²) in [6, 6.07) is 11.1. The highest BCUT2D eigenvalue weighted by atomic mass is 35.5. The largest absolute Gasteiger partial charge is 0.296 e. The molecule has 2 aromatic heterocycles. The van der Waals surface area contributed by atoms with Crippen LogP contribution in [0.2, 0.25) is 5.15 Å². The van der Waals surface area contributed by atoms with Crippen molar-refractivity contribution in [1.29, 1.82) is 0 Å². The Hall–Kier alpha value is -2.18. The van der Waals surface area contributed by atoms with Gasteiger partial charge >= 0.3 is 0 Å². The standard InChI is InChI=1S/C16H14ClN3O2S/c1-11-3-5-12(6-4-11)15-16(17)19-10-20(15)13-7-8-14(18-9-13)23(2,21)22/h3-10H,1-2H3. The smallest absolute Gasteiger partial charge is 0.192 e. The molecule has 7 heteroatoms. The molecule has 0 saturated heterocycles. The first-order valence-corrected chi connectivity index (χ1v) is 9.09. The number of sulfone groups is 1. The molecule has 0 aliphatic carbocycles. The summed E-state index contributed by atoms with van der Waals surface area (Å²) in [5, 5.41) is 0.408. The van der Waals surface area contributed by atoms with Crippen LogP contribution in [0.15, 0.2) is 53.9 Å². The molecule has 3 rings (SSSR count). The maximum atomic E-state index is 11.5. The molecule has 0 aliphatic heterocycles. The fraction of sp³-hybridized carbons (Fsp3) is 0.125. The quantitative estimate of drug-likeness (QED) is 0.729. The Balaban J connectivity index is 2.10. The summed E-state index contributed by atoms with van der Waals surface area (Å²) in [4.78, 5) is 8.15. The van der Waals surface area contributed by atoms with Gasteiger partial charge < -0.3 is 0 Å². The third-order valence-corrected chi connectivity index (χ3v) is 4.70. The average molecular weight is 348 g/mol. The number of nitrogens with zero attached hydrogens (tertiary/aromatic N) is 3. The monoisotopic (exact) mass is 347 g/mol. The van der Waals surface area contributed by atoms with E-state index in [4.69, 9.17) is 11.6 Å². The topological polar surface area (TPSA) is 64.8 Å². The summed E-state index contributed by atoms with van der Waals surface area (Å²) < 4.78 is 24.8. The summed E-state index contributed by atoms with van der Waals surface area (Å²) in [5.74, 6) is 0. The van der Waals surface area contributed by atoms with Crippen molar-refractivity contribution >= 4 is 21.4 Å². The van der Waals surface area contributed by atoms with Gasteiger partial charge in [0.1, 0.15) is 6.33 Å². The van der Waals surface area contributed by atoms with Crippen molar-refractivity contribution < 1.29 is 8.42 Å². The SMILES string of the molecule is Cc1ccc(-c2c(Cl)ncn2-c2ccc(S(C)(=O)=O)nc2)cc1. The minimum Gasteiger partial charge on any atom is -0.296 e. The van der Waals surface area contributed by atoms with Gasteiger partial charge in [-0.3, -0.25) is 4.57 Å². The normalized spacial score (nSPS) is 11.6. The summed E-state index contributed by atoms with van der Waals surface area (Å²) >= 11 is 6.22. The van der Waals surface area contributed by atoms with E-state index in [1.54, 1.807) is 17.0 Å². The summed E-state index contributed by atoms with van der Waals surface area (Å²) in [5.41, 5.74) is 3.49. The van der Waals surface area contributed by atoms with Crippen LogP contribution in [0.25, 0.3) is 16.9 Å². The number of halogens is 1. The molecule has 23 heavy (non-hydrogen) atoms. The van der Waals surface area contributed by atoms with Gasteiger partial charge in [0.25, 0.3) is 0 Å². The van der Waals surface area contributed by atoms with E-state index in [1.165, 1.54) is 12.3 Å². The van der Waals surface area contributed by atoms with Crippen molar-refractivity contribution in [3.05, 3.63) is 59.6 Å². The van der Waals surface area contributed by atoms with Gasteiger partial charge in [0.15, 0.2) is 20.0 Å². The first kappa shape index (κ1) is 15.7. The Kier molecular flexibility index (Phi) is 3.95. The van der Waals surface area contributed by atoms with Crippen molar-refractivity contribution in [1.82, 2.24) is 14.5 Å². The van der Waals surface area contributed by atoms with E-state index in [0.29, 0.717) is 10.8 Å². The maximum Gasteiger partial charge on any atom is 0.192 e. The Bertz CT molecular complexity index is 946. The number of aryl methyl sites for hydroxylation is 1. The second-order valence-corrected chi connectivity index (χ2v) is 7.57. The second kappa shape index (κ2) is 5.79. The zero-order valence-electron chi connectivity index (χ0n) is 12.6. The van der Waals surface area contributed by atoms with E-state index < -0.39 is 9.84 Å². The molecule has 0 unspecified atom stereocenters. The Morgan fingerprint density at radius 3 is 2.30 bits per heavy atom. The Morgan fingerprint density at radius 1 is 1.04 bits per heavy atom. The van der Waals surface area contributed by atoms with Gasteiger partial charge in [-0.15, -0.1) is 0 Å². The van der Waals surface area contributed by atoms with Gasteiger partial charge in [-0.05, 0) is 19.1 Å². The molecule has 0 saturated carbocycles. The number of hydrogen-bond donors (Lipinski definition) is 0. The molecule has 118 valence electrons.